The molecule has 1 fully saturated rings. The first kappa shape index (κ1) is 11.3. The van der Waals surface area contributed by atoms with Crippen molar-refractivity contribution in [3.05, 3.63) is 34.9 Å². The fourth-order valence-electron chi connectivity index (χ4n) is 2.97. The third-order valence-corrected chi connectivity index (χ3v) is 4.48. The molecule has 0 amide bonds. The van der Waals surface area contributed by atoms with Crippen molar-refractivity contribution in [3.63, 3.8) is 0 Å². The zero-order valence-corrected chi connectivity index (χ0v) is 11.6. The van der Waals surface area contributed by atoms with E-state index in [1.165, 1.54) is 54.0 Å². The number of halogens is 1. The lowest BCUT2D eigenvalue weighted by Crippen LogP contribution is -2.02. The molecule has 1 aliphatic rings. The zero-order valence-electron chi connectivity index (χ0n) is 10.0. The van der Waals surface area contributed by atoms with Gasteiger partial charge in [0.25, 0.3) is 0 Å². The first-order chi connectivity index (χ1) is 8.33. The van der Waals surface area contributed by atoms with Crippen LogP contribution in [0.25, 0.3) is 10.9 Å². The minimum absolute atomic E-state index is 0.972. The molecule has 1 aromatic heterocycles. The van der Waals surface area contributed by atoms with E-state index in [1.54, 1.807) is 0 Å². The Bertz CT molecular complexity index is 509. The summed E-state index contributed by atoms with van der Waals surface area (Å²) in [4.78, 5) is 0. The molecule has 17 heavy (non-hydrogen) atoms. The van der Waals surface area contributed by atoms with Crippen LogP contribution in [0, 0.1) is 5.92 Å². The predicted octanol–water partition coefficient (Wildman–Crippen LogP) is 4.98. The standard InChI is InChI=1S/C15H18BrN/c16-14-6-5-13-8-10-17(15(13)11-14)9-7-12-3-1-2-4-12/h5-6,8,10-12H,1-4,7,9H2. The first-order valence-electron chi connectivity index (χ1n) is 6.57. The van der Waals surface area contributed by atoms with Gasteiger partial charge in [0.2, 0.25) is 0 Å². The van der Waals surface area contributed by atoms with Crippen molar-refractivity contribution < 1.29 is 0 Å². The lowest BCUT2D eigenvalue weighted by Gasteiger charge is -2.10. The fourth-order valence-corrected chi connectivity index (χ4v) is 3.32. The summed E-state index contributed by atoms with van der Waals surface area (Å²) < 4.78 is 3.57. The molecule has 0 unspecified atom stereocenters. The van der Waals surface area contributed by atoms with E-state index in [9.17, 15) is 0 Å². The number of aromatic nitrogens is 1. The maximum atomic E-state index is 3.56. The molecule has 1 heterocycles. The van der Waals surface area contributed by atoms with Crippen LogP contribution >= 0.6 is 15.9 Å². The van der Waals surface area contributed by atoms with Crippen LogP contribution in [0.5, 0.6) is 0 Å². The third kappa shape index (κ3) is 2.42. The second kappa shape index (κ2) is 4.85. The molecule has 2 aromatic rings. The van der Waals surface area contributed by atoms with Crippen LogP contribution in [-0.2, 0) is 6.54 Å². The van der Waals surface area contributed by atoms with Crippen LogP contribution < -0.4 is 0 Å². The molecular formula is C15H18BrN. The average molecular weight is 292 g/mol. The summed E-state index contributed by atoms with van der Waals surface area (Å²) in [6.45, 7) is 1.17. The van der Waals surface area contributed by atoms with Crippen molar-refractivity contribution in [1.29, 1.82) is 0 Å². The molecular weight excluding hydrogens is 274 g/mol. The number of rotatable bonds is 3. The van der Waals surface area contributed by atoms with Crippen molar-refractivity contribution in [2.24, 2.45) is 5.92 Å². The summed E-state index contributed by atoms with van der Waals surface area (Å²) in [5.74, 6) is 0.972. The van der Waals surface area contributed by atoms with E-state index in [4.69, 9.17) is 0 Å². The van der Waals surface area contributed by atoms with E-state index >= 15 is 0 Å². The lowest BCUT2D eigenvalue weighted by atomic mass is 10.0. The van der Waals surface area contributed by atoms with Gasteiger partial charge in [-0.1, -0.05) is 47.7 Å². The molecule has 1 aliphatic carbocycles. The minimum Gasteiger partial charge on any atom is -0.347 e. The summed E-state index contributed by atoms with van der Waals surface area (Å²) in [6.07, 6.45) is 9.36. The van der Waals surface area contributed by atoms with E-state index in [-0.39, 0.29) is 0 Å². The third-order valence-electron chi connectivity index (χ3n) is 3.99. The van der Waals surface area contributed by atoms with Crippen LogP contribution in [0.3, 0.4) is 0 Å². The number of hydrogen-bond acceptors (Lipinski definition) is 0. The van der Waals surface area contributed by atoms with Crippen molar-refractivity contribution >= 4 is 26.8 Å². The quantitative estimate of drug-likeness (QED) is 0.751. The Balaban J connectivity index is 1.77. The number of aryl methyl sites for hydroxylation is 1. The van der Waals surface area contributed by atoms with Crippen LogP contribution in [0.15, 0.2) is 34.9 Å². The largest absolute Gasteiger partial charge is 0.347 e. The monoisotopic (exact) mass is 291 g/mol. The maximum absolute atomic E-state index is 3.56. The van der Waals surface area contributed by atoms with Crippen LogP contribution in [0.1, 0.15) is 32.1 Å². The Morgan fingerprint density at radius 2 is 2.00 bits per heavy atom. The van der Waals surface area contributed by atoms with Gasteiger partial charge < -0.3 is 4.57 Å². The average Bonchev–Trinajstić information content (AvgIpc) is 2.94. The molecule has 0 saturated heterocycles. The van der Waals surface area contributed by atoms with Gasteiger partial charge in [-0.25, -0.2) is 0 Å². The van der Waals surface area contributed by atoms with Gasteiger partial charge >= 0.3 is 0 Å². The van der Waals surface area contributed by atoms with Crippen molar-refractivity contribution in [1.82, 2.24) is 4.57 Å². The van der Waals surface area contributed by atoms with Gasteiger partial charge in [-0.3, -0.25) is 0 Å². The Labute approximate surface area is 111 Å². The molecule has 0 spiro atoms. The minimum atomic E-state index is 0.972. The molecule has 90 valence electrons. The highest BCUT2D eigenvalue weighted by Gasteiger charge is 2.14. The SMILES string of the molecule is Brc1ccc2ccn(CCC3CCCC3)c2c1. The van der Waals surface area contributed by atoms with Gasteiger partial charge in [0, 0.05) is 22.7 Å². The van der Waals surface area contributed by atoms with Crippen LogP contribution in [-0.4, -0.2) is 4.57 Å². The highest BCUT2D eigenvalue weighted by atomic mass is 79.9. The van der Waals surface area contributed by atoms with Gasteiger partial charge in [0.15, 0.2) is 0 Å². The second-order valence-electron chi connectivity index (χ2n) is 5.15. The summed E-state index contributed by atoms with van der Waals surface area (Å²) >= 11 is 3.56. The molecule has 2 heteroatoms. The number of hydrogen-bond donors (Lipinski definition) is 0. The van der Waals surface area contributed by atoms with Crippen LogP contribution in [0.2, 0.25) is 0 Å². The summed E-state index contributed by atoms with van der Waals surface area (Å²) in [7, 11) is 0. The van der Waals surface area contributed by atoms with Gasteiger partial charge in [0.05, 0.1) is 0 Å². The summed E-state index contributed by atoms with van der Waals surface area (Å²) in [5, 5.41) is 1.35. The molecule has 0 aliphatic heterocycles. The predicted molar refractivity (Wildman–Crippen MR) is 76.2 cm³/mol. The second-order valence-corrected chi connectivity index (χ2v) is 6.07. The molecule has 1 aromatic carbocycles. The van der Waals surface area contributed by atoms with E-state index in [2.05, 4.69) is 51.0 Å². The van der Waals surface area contributed by atoms with E-state index in [1.807, 2.05) is 0 Å². The molecule has 1 nitrogen and oxygen atoms in total. The van der Waals surface area contributed by atoms with Crippen molar-refractivity contribution in [2.45, 2.75) is 38.6 Å². The van der Waals surface area contributed by atoms with Crippen molar-refractivity contribution in [3.8, 4) is 0 Å². The zero-order chi connectivity index (χ0) is 11.7. The first-order valence-corrected chi connectivity index (χ1v) is 7.36. The molecule has 1 saturated carbocycles. The molecule has 0 N–H and O–H groups in total. The Hall–Kier alpha value is -0.760. The normalized spacial score (nSPS) is 17.0. The van der Waals surface area contributed by atoms with E-state index in [0.717, 1.165) is 5.92 Å². The number of benzene rings is 1. The van der Waals surface area contributed by atoms with Crippen molar-refractivity contribution in [2.75, 3.05) is 0 Å². The Kier molecular flexibility index (Phi) is 3.24. The highest BCUT2D eigenvalue weighted by Crippen LogP contribution is 2.29. The molecule has 0 atom stereocenters. The maximum Gasteiger partial charge on any atom is 0.0491 e. The topological polar surface area (TPSA) is 4.93 Å². The van der Waals surface area contributed by atoms with E-state index in [0.29, 0.717) is 0 Å². The number of nitrogens with zero attached hydrogens (tertiary/aromatic N) is 1. The van der Waals surface area contributed by atoms with Gasteiger partial charge in [-0.15, -0.1) is 0 Å². The molecule has 0 radical (unpaired) electrons. The number of fused-ring (bicyclic) bond motifs is 1. The van der Waals surface area contributed by atoms with Gasteiger partial charge in [0.1, 0.15) is 0 Å². The molecule has 3 rings (SSSR count). The Morgan fingerprint density at radius 1 is 1.18 bits per heavy atom. The summed E-state index contributed by atoms with van der Waals surface area (Å²) in [6, 6.07) is 8.75. The van der Waals surface area contributed by atoms with Gasteiger partial charge in [-0.2, -0.15) is 0 Å². The van der Waals surface area contributed by atoms with E-state index < -0.39 is 0 Å². The molecule has 0 bridgehead atoms. The van der Waals surface area contributed by atoms with Gasteiger partial charge in [-0.05, 0) is 35.9 Å². The Morgan fingerprint density at radius 3 is 2.82 bits per heavy atom. The fraction of sp³-hybridized carbons (Fsp3) is 0.467. The smallest absolute Gasteiger partial charge is 0.0491 e. The summed E-state index contributed by atoms with van der Waals surface area (Å²) in [5.41, 5.74) is 1.36. The lowest BCUT2D eigenvalue weighted by molar-refractivity contribution is 0.463. The highest BCUT2D eigenvalue weighted by molar-refractivity contribution is 9.10. The van der Waals surface area contributed by atoms with Crippen LogP contribution in [0.4, 0.5) is 0 Å².